The molecule has 0 aliphatic heterocycles. The number of aromatic nitrogens is 5. The Balaban J connectivity index is 1.77. The highest BCUT2D eigenvalue weighted by Gasteiger charge is 2.41. The Labute approximate surface area is 180 Å². The van der Waals surface area contributed by atoms with Gasteiger partial charge in [0.25, 0.3) is 5.69 Å². The monoisotopic (exact) mass is 440 g/mol. The Morgan fingerprint density at radius 1 is 1.22 bits per heavy atom. The molecule has 0 spiro atoms. The lowest BCUT2D eigenvalue weighted by molar-refractivity contribution is -0.384. The summed E-state index contributed by atoms with van der Waals surface area (Å²) >= 11 is 0. The summed E-state index contributed by atoms with van der Waals surface area (Å²) < 4.78 is 30.9. The van der Waals surface area contributed by atoms with Crippen molar-refractivity contribution < 1.29 is 18.8 Å². The average Bonchev–Trinajstić information content (AvgIpc) is 3.45. The summed E-state index contributed by atoms with van der Waals surface area (Å²) in [5.41, 5.74) is -1.35. The number of aliphatic hydroxyl groups is 1. The first-order valence-corrected chi connectivity index (χ1v) is 9.58. The zero-order valence-electron chi connectivity index (χ0n) is 16.8. The molecule has 1 N–H and O–H groups in total. The second-order valence-corrected chi connectivity index (χ2v) is 7.30. The smallest absolute Gasteiger partial charge is 0.277 e. The second kappa shape index (κ2) is 8.27. The maximum atomic E-state index is 14.7. The van der Waals surface area contributed by atoms with Gasteiger partial charge in [0.15, 0.2) is 0 Å². The molecule has 0 unspecified atom stereocenters. The highest BCUT2D eigenvalue weighted by molar-refractivity contribution is 5.72. The number of halogens is 2. The van der Waals surface area contributed by atoms with E-state index < -0.39 is 28.2 Å². The van der Waals surface area contributed by atoms with Crippen molar-refractivity contribution >= 4 is 5.69 Å². The third kappa shape index (κ3) is 3.85. The van der Waals surface area contributed by atoms with Gasteiger partial charge in [-0.15, -0.1) is 0 Å². The highest BCUT2D eigenvalue weighted by atomic mass is 19.1. The lowest BCUT2D eigenvalue weighted by Gasteiger charge is -2.34. The normalized spacial score (nSPS) is 14.1. The molecule has 4 aromatic rings. The van der Waals surface area contributed by atoms with Gasteiger partial charge in [-0.25, -0.2) is 18.4 Å². The van der Waals surface area contributed by atoms with Crippen LogP contribution in [0.1, 0.15) is 18.5 Å². The molecule has 2 aromatic carbocycles. The first-order valence-electron chi connectivity index (χ1n) is 9.58. The lowest BCUT2D eigenvalue weighted by atomic mass is 9.86. The molecule has 0 aliphatic rings. The minimum atomic E-state index is -1.91. The van der Waals surface area contributed by atoms with Gasteiger partial charge in [0.05, 0.1) is 29.3 Å². The topological polar surface area (TPSA) is 112 Å². The van der Waals surface area contributed by atoms with Crippen molar-refractivity contribution in [3.8, 4) is 11.1 Å². The number of hydrogen-bond acceptors (Lipinski definition) is 6. The molecule has 2 atom stereocenters. The molecule has 0 radical (unpaired) electrons. The van der Waals surface area contributed by atoms with Gasteiger partial charge in [0.1, 0.15) is 29.9 Å². The molecular weight excluding hydrogens is 422 g/mol. The van der Waals surface area contributed by atoms with Crippen molar-refractivity contribution in [1.29, 1.82) is 0 Å². The fourth-order valence-corrected chi connectivity index (χ4v) is 3.63. The number of rotatable bonds is 7. The fourth-order valence-electron chi connectivity index (χ4n) is 3.63. The Hall–Kier alpha value is -3.99. The summed E-state index contributed by atoms with van der Waals surface area (Å²) in [6.45, 7) is 1.41. The maximum absolute atomic E-state index is 14.7. The molecule has 2 aromatic heterocycles. The third-order valence-electron chi connectivity index (χ3n) is 5.37. The lowest BCUT2D eigenvalue weighted by Crippen LogP contribution is -2.40. The van der Waals surface area contributed by atoms with Crippen LogP contribution < -0.4 is 0 Å². The molecule has 2 heterocycles. The molecule has 0 amide bonds. The summed E-state index contributed by atoms with van der Waals surface area (Å²) in [5, 5.41) is 31.3. The van der Waals surface area contributed by atoms with Crippen LogP contribution in [0.5, 0.6) is 0 Å². The van der Waals surface area contributed by atoms with Crippen molar-refractivity contribution in [2.24, 2.45) is 0 Å². The van der Waals surface area contributed by atoms with E-state index in [-0.39, 0.29) is 17.8 Å². The van der Waals surface area contributed by atoms with E-state index in [1.165, 1.54) is 46.5 Å². The van der Waals surface area contributed by atoms with E-state index in [0.717, 1.165) is 6.07 Å². The predicted molar refractivity (Wildman–Crippen MR) is 109 cm³/mol. The molecule has 0 saturated carbocycles. The van der Waals surface area contributed by atoms with Crippen LogP contribution in [0.3, 0.4) is 0 Å². The summed E-state index contributed by atoms with van der Waals surface area (Å²) in [4.78, 5) is 14.7. The molecule has 0 bridgehead atoms. The molecule has 9 nitrogen and oxygen atoms in total. The van der Waals surface area contributed by atoms with Gasteiger partial charge >= 0.3 is 0 Å². The van der Waals surface area contributed by atoms with E-state index in [4.69, 9.17) is 0 Å². The standard InChI is InChI=1S/C21H18F2N6O3/c1-14(28-10-15(9-25-28)17-4-2-3-5-20(17)29(31)32)21(30,11-27-13-24-12-26-27)18-7-6-16(22)8-19(18)23/h2-10,12-14,30H,11H2,1H3/t14-,21-/m1/s1. The first kappa shape index (κ1) is 21.2. The van der Waals surface area contributed by atoms with Crippen LogP contribution in [0.2, 0.25) is 0 Å². The predicted octanol–water partition coefficient (Wildman–Crippen LogP) is 3.48. The zero-order valence-corrected chi connectivity index (χ0v) is 16.8. The third-order valence-corrected chi connectivity index (χ3v) is 5.37. The molecule has 0 aliphatic carbocycles. The summed E-state index contributed by atoms with van der Waals surface area (Å²) in [6, 6.07) is 8.24. The van der Waals surface area contributed by atoms with Gasteiger partial charge < -0.3 is 5.11 Å². The molecule has 0 fully saturated rings. The van der Waals surface area contributed by atoms with Crippen molar-refractivity contribution in [2.75, 3.05) is 0 Å². The van der Waals surface area contributed by atoms with Crippen LogP contribution in [0.15, 0.2) is 67.5 Å². The van der Waals surface area contributed by atoms with Gasteiger partial charge in [0.2, 0.25) is 0 Å². The van der Waals surface area contributed by atoms with Gasteiger partial charge in [-0.1, -0.05) is 18.2 Å². The quantitative estimate of drug-likeness (QED) is 0.348. The summed E-state index contributed by atoms with van der Waals surface area (Å²) in [7, 11) is 0. The number of nitro groups is 1. The molecular formula is C21H18F2N6O3. The number of nitrogens with zero attached hydrogens (tertiary/aromatic N) is 6. The van der Waals surface area contributed by atoms with Crippen molar-refractivity contribution in [3.63, 3.8) is 0 Å². The largest absolute Gasteiger partial charge is 0.381 e. The van der Waals surface area contributed by atoms with E-state index in [2.05, 4.69) is 15.2 Å². The van der Waals surface area contributed by atoms with Crippen LogP contribution >= 0.6 is 0 Å². The Bertz CT molecular complexity index is 1260. The van der Waals surface area contributed by atoms with Crippen molar-refractivity contribution in [3.05, 3.63) is 94.8 Å². The zero-order chi connectivity index (χ0) is 22.9. The van der Waals surface area contributed by atoms with Crippen LogP contribution in [0.25, 0.3) is 11.1 Å². The first-order chi connectivity index (χ1) is 15.3. The van der Waals surface area contributed by atoms with E-state index in [1.807, 2.05) is 0 Å². The van der Waals surface area contributed by atoms with Gasteiger partial charge in [-0.3, -0.25) is 14.8 Å². The highest BCUT2D eigenvalue weighted by Crippen LogP contribution is 2.38. The Kier molecular flexibility index (Phi) is 5.49. The molecule has 0 saturated heterocycles. The maximum Gasteiger partial charge on any atom is 0.277 e. The Morgan fingerprint density at radius 2 is 2.00 bits per heavy atom. The van der Waals surface area contributed by atoms with E-state index >= 15 is 0 Å². The molecule has 32 heavy (non-hydrogen) atoms. The van der Waals surface area contributed by atoms with Crippen molar-refractivity contribution in [2.45, 2.75) is 25.1 Å². The molecule has 11 heteroatoms. The van der Waals surface area contributed by atoms with Crippen LogP contribution in [-0.4, -0.2) is 34.6 Å². The van der Waals surface area contributed by atoms with Gasteiger partial charge in [-0.2, -0.15) is 10.2 Å². The minimum absolute atomic E-state index is 0.0952. The summed E-state index contributed by atoms with van der Waals surface area (Å²) in [6.07, 6.45) is 5.59. The fraction of sp³-hybridized carbons (Fsp3) is 0.190. The van der Waals surface area contributed by atoms with Gasteiger partial charge in [0, 0.05) is 29.5 Å². The van der Waals surface area contributed by atoms with E-state index in [0.29, 0.717) is 17.2 Å². The number of nitro benzene ring substituents is 1. The second-order valence-electron chi connectivity index (χ2n) is 7.30. The SMILES string of the molecule is C[C@@H](n1cc(-c2ccccc2[N+](=O)[O-])cn1)[C@](O)(Cn1cncn1)c1ccc(F)cc1F. The van der Waals surface area contributed by atoms with Crippen LogP contribution in [-0.2, 0) is 12.1 Å². The molecule has 164 valence electrons. The number of para-hydroxylation sites is 1. The number of benzene rings is 2. The van der Waals surface area contributed by atoms with Crippen LogP contribution in [0, 0.1) is 21.7 Å². The average molecular weight is 440 g/mol. The number of hydrogen-bond donors (Lipinski definition) is 1. The van der Waals surface area contributed by atoms with E-state index in [9.17, 15) is 24.0 Å². The summed E-state index contributed by atoms with van der Waals surface area (Å²) in [5.74, 6) is -1.70. The molecule has 4 rings (SSSR count). The van der Waals surface area contributed by atoms with Crippen LogP contribution in [0.4, 0.5) is 14.5 Å². The van der Waals surface area contributed by atoms with Gasteiger partial charge in [-0.05, 0) is 19.1 Å². The van der Waals surface area contributed by atoms with E-state index in [1.54, 1.807) is 25.1 Å². The minimum Gasteiger partial charge on any atom is -0.381 e. The Morgan fingerprint density at radius 3 is 2.69 bits per heavy atom. The van der Waals surface area contributed by atoms with Crippen molar-refractivity contribution in [1.82, 2.24) is 24.5 Å².